The fourth-order valence-corrected chi connectivity index (χ4v) is 2.11. The molecule has 16 heavy (non-hydrogen) atoms. The van der Waals surface area contributed by atoms with Gasteiger partial charge in [0.1, 0.15) is 5.75 Å². The lowest BCUT2D eigenvalue weighted by Gasteiger charge is -2.20. The normalized spacial score (nSPS) is 17.7. The molecule has 1 aromatic rings. The van der Waals surface area contributed by atoms with E-state index >= 15 is 0 Å². The van der Waals surface area contributed by atoms with Crippen LogP contribution in [0.5, 0.6) is 5.75 Å². The van der Waals surface area contributed by atoms with Gasteiger partial charge in [0.05, 0.1) is 12.7 Å². The molecule has 0 radical (unpaired) electrons. The summed E-state index contributed by atoms with van der Waals surface area (Å²) in [6.07, 6.45) is 0.497. The standard InChI is InChI=1S/C13H19NO2/c1-3-14-9(2)13(15)11-4-5-12-10(8-11)6-7-16-12/h4-5,8-9,13-15H,3,6-7H2,1-2H3. The monoisotopic (exact) mass is 221 g/mol. The summed E-state index contributed by atoms with van der Waals surface area (Å²) in [7, 11) is 0. The minimum Gasteiger partial charge on any atom is -0.493 e. The van der Waals surface area contributed by atoms with Crippen molar-refractivity contribution in [3.63, 3.8) is 0 Å². The number of likely N-dealkylation sites (N-methyl/N-ethyl adjacent to an activating group) is 1. The van der Waals surface area contributed by atoms with Crippen molar-refractivity contribution in [2.75, 3.05) is 13.2 Å². The molecule has 1 heterocycles. The molecule has 1 aliphatic rings. The van der Waals surface area contributed by atoms with Gasteiger partial charge in [0.2, 0.25) is 0 Å². The van der Waals surface area contributed by atoms with E-state index < -0.39 is 6.10 Å². The molecule has 0 amide bonds. The molecule has 0 aromatic heterocycles. The zero-order chi connectivity index (χ0) is 11.5. The molecule has 0 saturated carbocycles. The smallest absolute Gasteiger partial charge is 0.122 e. The van der Waals surface area contributed by atoms with Crippen LogP contribution in [0.2, 0.25) is 0 Å². The highest BCUT2D eigenvalue weighted by molar-refractivity contribution is 5.40. The lowest BCUT2D eigenvalue weighted by molar-refractivity contribution is 0.137. The van der Waals surface area contributed by atoms with Crippen LogP contribution in [0.3, 0.4) is 0 Å². The first-order chi connectivity index (χ1) is 7.72. The number of hydrogen-bond donors (Lipinski definition) is 2. The van der Waals surface area contributed by atoms with E-state index in [1.807, 2.05) is 26.0 Å². The second-order valence-electron chi connectivity index (χ2n) is 4.26. The first kappa shape index (κ1) is 11.4. The molecule has 2 unspecified atom stereocenters. The van der Waals surface area contributed by atoms with Gasteiger partial charge < -0.3 is 15.2 Å². The minimum atomic E-state index is -0.453. The molecule has 3 heteroatoms. The Morgan fingerprint density at radius 3 is 3.06 bits per heavy atom. The van der Waals surface area contributed by atoms with Gasteiger partial charge in [0.15, 0.2) is 0 Å². The van der Waals surface area contributed by atoms with Gasteiger partial charge in [-0.25, -0.2) is 0 Å². The number of hydrogen-bond acceptors (Lipinski definition) is 3. The summed E-state index contributed by atoms with van der Waals surface area (Å²) >= 11 is 0. The molecule has 0 saturated heterocycles. The van der Waals surface area contributed by atoms with Crippen molar-refractivity contribution in [1.29, 1.82) is 0 Å². The van der Waals surface area contributed by atoms with Crippen LogP contribution >= 0.6 is 0 Å². The summed E-state index contributed by atoms with van der Waals surface area (Å²) < 4.78 is 5.44. The highest BCUT2D eigenvalue weighted by Gasteiger charge is 2.18. The molecule has 0 bridgehead atoms. The van der Waals surface area contributed by atoms with E-state index in [0.29, 0.717) is 0 Å². The fourth-order valence-electron chi connectivity index (χ4n) is 2.11. The predicted molar refractivity (Wildman–Crippen MR) is 63.7 cm³/mol. The summed E-state index contributed by atoms with van der Waals surface area (Å²) in [5, 5.41) is 13.4. The molecule has 0 spiro atoms. The van der Waals surface area contributed by atoms with Crippen LogP contribution in [-0.2, 0) is 6.42 Å². The minimum absolute atomic E-state index is 0.0744. The molecule has 0 aliphatic carbocycles. The van der Waals surface area contributed by atoms with E-state index in [9.17, 15) is 5.11 Å². The highest BCUT2D eigenvalue weighted by atomic mass is 16.5. The molecule has 3 nitrogen and oxygen atoms in total. The summed E-state index contributed by atoms with van der Waals surface area (Å²) in [6, 6.07) is 6.04. The largest absolute Gasteiger partial charge is 0.493 e. The van der Waals surface area contributed by atoms with Gasteiger partial charge in [0.25, 0.3) is 0 Å². The van der Waals surface area contributed by atoms with Gasteiger partial charge in [-0.05, 0) is 36.7 Å². The van der Waals surface area contributed by atoms with Crippen LogP contribution in [0.25, 0.3) is 0 Å². The van der Waals surface area contributed by atoms with Gasteiger partial charge in [-0.2, -0.15) is 0 Å². The highest BCUT2D eigenvalue weighted by Crippen LogP contribution is 2.28. The topological polar surface area (TPSA) is 41.5 Å². The Balaban J connectivity index is 2.14. The maximum Gasteiger partial charge on any atom is 0.122 e. The van der Waals surface area contributed by atoms with Crippen LogP contribution in [0.4, 0.5) is 0 Å². The Morgan fingerprint density at radius 2 is 2.31 bits per heavy atom. The van der Waals surface area contributed by atoms with Crippen molar-refractivity contribution in [3.8, 4) is 5.75 Å². The zero-order valence-corrected chi connectivity index (χ0v) is 9.86. The Kier molecular flexibility index (Phi) is 3.46. The van der Waals surface area contributed by atoms with Crippen molar-refractivity contribution in [3.05, 3.63) is 29.3 Å². The zero-order valence-electron chi connectivity index (χ0n) is 9.86. The number of fused-ring (bicyclic) bond motifs is 1. The van der Waals surface area contributed by atoms with Crippen LogP contribution < -0.4 is 10.1 Å². The first-order valence-corrected chi connectivity index (χ1v) is 5.89. The Morgan fingerprint density at radius 1 is 1.50 bits per heavy atom. The molecular weight excluding hydrogens is 202 g/mol. The first-order valence-electron chi connectivity index (χ1n) is 5.89. The van der Waals surface area contributed by atoms with Crippen LogP contribution in [0.1, 0.15) is 31.1 Å². The number of ether oxygens (including phenoxy) is 1. The Hall–Kier alpha value is -1.06. The third kappa shape index (κ3) is 2.20. The number of benzene rings is 1. The summed E-state index contributed by atoms with van der Waals surface area (Å²) in [6.45, 7) is 5.67. The van der Waals surface area contributed by atoms with Gasteiger partial charge in [-0.3, -0.25) is 0 Å². The van der Waals surface area contributed by atoms with Crippen LogP contribution in [0, 0.1) is 0 Å². The van der Waals surface area contributed by atoms with Crippen molar-refractivity contribution in [2.45, 2.75) is 32.4 Å². The molecule has 2 atom stereocenters. The number of nitrogens with one attached hydrogen (secondary N) is 1. The van der Waals surface area contributed by atoms with Crippen molar-refractivity contribution >= 4 is 0 Å². The van der Waals surface area contributed by atoms with Gasteiger partial charge in [-0.15, -0.1) is 0 Å². The van der Waals surface area contributed by atoms with Gasteiger partial charge in [-0.1, -0.05) is 13.0 Å². The van der Waals surface area contributed by atoms with Crippen molar-refractivity contribution in [1.82, 2.24) is 5.32 Å². The lowest BCUT2D eigenvalue weighted by Crippen LogP contribution is -2.31. The van der Waals surface area contributed by atoms with E-state index in [2.05, 4.69) is 11.4 Å². The molecule has 88 valence electrons. The van der Waals surface area contributed by atoms with Gasteiger partial charge in [0, 0.05) is 12.5 Å². The average Bonchev–Trinajstić information content (AvgIpc) is 2.75. The van der Waals surface area contributed by atoms with Crippen molar-refractivity contribution in [2.24, 2.45) is 0 Å². The molecular formula is C13H19NO2. The van der Waals surface area contributed by atoms with E-state index in [-0.39, 0.29) is 6.04 Å². The third-order valence-electron chi connectivity index (χ3n) is 3.05. The number of aliphatic hydroxyl groups is 1. The summed E-state index contributed by atoms with van der Waals surface area (Å²) in [5.41, 5.74) is 2.18. The maximum atomic E-state index is 10.1. The van der Waals surface area contributed by atoms with Gasteiger partial charge >= 0.3 is 0 Å². The summed E-state index contributed by atoms with van der Waals surface area (Å²) in [5.74, 6) is 0.965. The average molecular weight is 221 g/mol. The lowest BCUT2D eigenvalue weighted by atomic mass is 10.0. The second kappa shape index (κ2) is 4.85. The number of rotatable bonds is 4. The predicted octanol–water partition coefficient (Wildman–Crippen LogP) is 1.65. The van der Waals surface area contributed by atoms with E-state index in [1.165, 1.54) is 5.56 Å². The van der Waals surface area contributed by atoms with E-state index in [0.717, 1.165) is 30.9 Å². The molecule has 2 rings (SSSR count). The SMILES string of the molecule is CCNC(C)C(O)c1ccc2c(c1)CCO2. The Labute approximate surface area is 96.4 Å². The number of aliphatic hydroxyl groups excluding tert-OH is 1. The Bertz CT molecular complexity index is 365. The van der Waals surface area contributed by atoms with E-state index in [4.69, 9.17) is 4.74 Å². The maximum absolute atomic E-state index is 10.1. The van der Waals surface area contributed by atoms with Crippen LogP contribution in [-0.4, -0.2) is 24.3 Å². The molecule has 0 fully saturated rings. The molecule has 1 aromatic carbocycles. The molecule has 1 aliphatic heterocycles. The molecule has 2 N–H and O–H groups in total. The second-order valence-corrected chi connectivity index (χ2v) is 4.26. The van der Waals surface area contributed by atoms with E-state index in [1.54, 1.807) is 0 Å². The quantitative estimate of drug-likeness (QED) is 0.812. The van der Waals surface area contributed by atoms with Crippen molar-refractivity contribution < 1.29 is 9.84 Å². The van der Waals surface area contributed by atoms with Crippen LogP contribution in [0.15, 0.2) is 18.2 Å². The summed E-state index contributed by atoms with van der Waals surface area (Å²) in [4.78, 5) is 0. The third-order valence-corrected chi connectivity index (χ3v) is 3.05. The fraction of sp³-hybridized carbons (Fsp3) is 0.538.